The summed E-state index contributed by atoms with van der Waals surface area (Å²) in [6.45, 7) is 1.87. The van der Waals surface area contributed by atoms with Crippen LogP contribution in [-0.2, 0) is 0 Å². The van der Waals surface area contributed by atoms with Gasteiger partial charge in [-0.2, -0.15) is 0 Å². The number of primary amides is 1. The van der Waals surface area contributed by atoms with E-state index in [-0.39, 0.29) is 5.91 Å². The Labute approximate surface area is 127 Å². The lowest BCUT2D eigenvalue weighted by Crippen LogP contribution is -2.14. The molecule has 110 valence electrons. The van der Waals surface area contributed by atoms with Crippen molar-refractivity contribution in [3.8, 4) is 0 Å². The zero-order chi connectivity index (χ0) is 15.7. The van der Waals surface area contributed by atoms with Crippen LogP contribution in [0, 0.1) is 6.92 Å². The Morgan fingerprint density at radius 1 is 1.05 bits per heavy atom. The maximum absolute atomic E-state index is 12.5. The second-order valence-electron chi connectivity index (χ2n) is 5.07. The van der Waals surface area contributed by atoms with Crippen LogP contribution >= 0.6 is 0 Å². The Balaban J connectivity index is 1.90. The highest BCUT2D eigenvalue weighted by Crippen LogP contribution is 2.23. The molecule has 0 aliphatic rings. The summed E-state index contributed by atoms with van der Waals surface area (Å²) in [5.41, 5.74) is 8.57. The van der Waals surface area contributed by atoms with Crippen molar-refractivity contribution in [2.75, 3.05) is 5.32 Å². The van der Waals surface area contributed by atoms with Crippen molar-refractivity contribution in [2.24, 2.45) is 5.73 Å². The lowest BCUT2D eigenvalue weighted by atomic mass is 10.1. The Morgan fingerprint density at radius 2 is 1.73 bits per heavy atom. The highest BCUT2D eigenvalue weighted by atomic mass is 16.2. The molecule has 1 aromatic heterocycles. The van der Waals surface area contributed by atoms with Gasteiger partial charge in [-0.15, -0.1) is 0 Å². The summed E-state index contributed by atoms with van der Waals surface area (Å²) < 4.78 is 0. The second-order valence-corrected chi connectivity index (χ2v) is 5.07. The molecule has 0 saturated carbocycles. The van der Waals surface area contributed by atoms with E-state index in [1.807, 2.05) is 31.2 Å². The number of fused-ring (bicyclic) bond motifs is 1. The van der Waals surface area contributed by atoms with Gasteiger partial charge in [-0.3, -0.25) is 9.59 Å². The van der Waals surface area contributed by atoms with Gasteiger partial charge in [0.2, 0.25) is 5.91 Å². The van der Waals surface area contributed by atoms with Crippen molar-refractivity contribution in [3.63, 3.8) is 0 Å². The summed E-state index contributed by atoms with van der Waals surface area (Å²) in [5, 5.41) is 3.71. The topological polar surface area (TPSA) is 88.0 Å². The monoisotopic (exact) mass is 293 g/mol. The fourth-order valence-corrected chi connectivity index (χ4v) is 2.48. The number of para-hydroxylation sites is 1. The molecule has 0 aliphatic heterocycles. The maximum Gasteiger partial charge on any atom is 0.258 e. The molecule has 1 heterocycles. The number of anilines is 1. The normalized spacial score (nSPS) is 10.6. The summed E-state index contributed by atoms with van der Waals surface area (Å²) >= 11 is 0. The molecule has 0 bridgehead atoms. The molecule has 0 atom stereocenters. The zero-order valence-corrected chi connectivity index (χ0v) is 12.0. The number of nitrogens with one attached hydrogen (secondary N) is 2. The number of carbonyl (C=O) groups excluding carboxylic acids is 2. The third-order valence-electron chi connectivity index (χ3n) is 3.55. The lowest BCUT2D eigenvalue weighted by Gasteiger charge is -2.06. The molecule has 0 aliphatic carbocycles. The van der Waals surface area contributed by atoms with Crippen LogP contribution in [0.5, 0.6) is 0 Å². The molecule has 2 amide bonds. The third kappa shape index (κ3) is 2.44. The minimum atomic E-state index is -0.495. The van der Waals surface area contributed by atoms with Gasteiger partial charge in [0.05, 0.1) is 5.56 Å². The average Bonchev–Trinajstić information content (AvgIpc) is 2.83. The van der Waals surface area contributed by atoms with E-state index in [0.717, 1.165) is 16.6 Å². The van der Waals surface area contributed by atoms with E-state index in [2.05, 4.69) is 10.3 Å². The molecule has 0 saturated heterocycles. The van der Waals surface area contributed by atoms with Crippen molar-refractivity contribution in [2.45, 2.75) is 6.92 Å². The van der Waals surface area contributed by atoms with Crippen molar-refractivity contribution in [1.29, 1.82) is 0 Å². The number of hydrogen-bond acceptors (Lipinski definition) is 2. The van der Waals surface area contributed by atoms with Crippen LogP contribution in [0.25, 0.3) is 10.9 Å². The largest absolute Gasteiger partial charge is 0.366 e. The standard InChI is InChI=1S/C17H15N3O2/c1-10-15(13-4-2-3-5-14(13)19-10)17(22)20-12-8-6-11(7-9-12)16(18)21/h2-9,19H,1H3,(H2,18,21)(H,20,22). The van der Waals surface area contributed by atoms with Crippen LogP contribution in [0.1, 0.15) is 26.4 Å². The summed E-state index contributed by atoms with van der Waals surface area (Å²) in [7, 11) is 0. The number of benzene rings is 2. The van der Waals surface area contributed by atoms with Gasteiger partial charge >= 0.3 is 0 Å². The predicted octanol–water partition coefficient (Wildman–Crippen LogP) is 2.83. The number of aryl methyl sites for hydroxylation is 1. The Bertz CT molecular complexity index is 863. The molecular weight excluding hydrogens is 278 g/mol. The number of carbonyl (C=O) groups is 2. The average molecular weight is 293 g/mol. The first-order valence-electron chi connectivity index (χ1n) is 6.85. The minimum Gasteiger partial charge on any atom is -0.366 e. The molecule has 4 N–H and O–H groups in total. The summed E-state index contributed by atoms with van der Waals surface area (Å²) in [6, 6.07) is 14.1. The number of amides is 2. The van der Waals surface area contributed by atoms with Gasteiger partial charge < -0.3 is 16.0 Å². The Hall–Kier alpha value is -3.08. The maximum atomic E-state index is 12.5. The predicted molar refractivity (Wildman–Crippen MR) is 85.9 cm³/mol. The molecule has 0 radical (unpaired) electrons. The van der Waals surface area contributed by atoms with Crippen LogP contribution in [0.2, 0.25) is 0 Å². The van der Waals surface area contributed by atoms with Gasteiger partial charge in [0.15, 0.2) is 0 Å². The van der Waals surface area contributed by atoms with Gasteiger partial charge in [0.1, 0.15) is 0 Å². The van der Waals surface area contributed by atoms with Crippen LogP contribution in [0.15, 0.2) is 48.5 Å². The van der Waals surface area contributed by atoms with Gasteiger partial charge in [-0.1, -0.05) is 18.2 Å². The Kier molecular flexibility index (Phi) is 3.39. The number of aromatic nitrogens is 1. The van der Waals surface area contributed by atoms with Crippen molar-refractivity contribution in [1.82, 2.24) is 4.98 Å². The number of H-pyrrole nitrogens is 1. The molecule has 0 spiro atoms. The van der Waals surface area contributed by atoms with Gasteiger partial charge in [-0.25, -0.2) is 0 Å². The fraction of sp³-hybridized carbons (Fsp3) is 0.0588. The first-order valence-corrected chi connectivity index (χ1v) is 6.85. The quantitative estimate of drug-likeness (QED) is 0.693. The van der Waals surface area contributed by atoms with Crippen LogP contribution in [0.4, 0.5) is 5.69 Å². The van der Waals surface area contributed by atoms with E-state index in [1.165, 1.54) is 0 Å². The molecule has 3 aromatic rings. The number of rotatable bonds is 3. The highest BCUT2D eigenvalue weighted by Gasteiger charge is 2.15. The smallest absolute Gasteiger partial charge is 0.258 e. The molecule has 5 nitrogen and oxygen atoms in total. The first-order chi connectivity index (χ1) is 10.6. The van der Waals surface area contributed by atoms with Gasteiger partial charge in [0, 0.05) is 27.8 Å². The van der Waals surface area contributed by atoms with E-state index in [0.29, 0.717) is 16.8 Å². The van der Waals surface area contributed by atoms with Crippen LogP contribution in [0.3, 0.4) is 0 Å². The van der Waals surface area contributed by atoms with Gasteiger partial charge in [0.25, 0.3) is 5.91 Å². The molecule has 0 unspecified atom stereocenters. The summed E-state index contributed by atoms with van der Waals surface area (Å²) in [5.74, 6) is -0.688. The highest BCUT2D eigenvalue weighted by molar-refractivity contribution is 6.14. The van der Waals surface area contributed by atoms with Crippen molar-refractivity contribution in [3.05, 3.63) is 65.4 Å². The molecule has 5 heteroatoms. The van der Waals surface area contributed by atoms with E-state index in [1.54, 1.807) is 24.3 Å². The van der Waals surface area contributed by atoms with Crippen LogP contribution < -0.4 is 11.1 Å². The van der Waals surface area contributed by atoms with Crippen molar-refractivity contribution < 1.29 is 9.59 Å². The van der Waals surface area contributed by atoms with Crippen LogP contribution in [-0.4, -0.2) is 16.8 Å². The molecule has 3 rings (SSSR count). The zero-order valence-electron chi connectivity index (χ0n) is 12.0. The number of hydrogen-bond donors (Lipinski definition) is 3. The number of nitrogens with two attached hydrogens (primary N) is 1. The molecule has 0 fully saturated rings. The first kappa shape index (κ1) is 13.9. The van der Waals surface area contributed by atoms with E-state index in [4.69, 9.17) is 5.73 Å². The van der Waals surface area contributed by atoms with E-state index in [9.17, 15) is 9.59 Å². The molecule has 22 heavy (non-hydrogen) atoms. The molecular formula is C17H15N3O2. The van der Waals surface area contributed by atoms with E-state index < -0.39 is 5.91 Å². The lowest BCUT2D eigenvalue weighted by molar-refractivity contribution is 0.0998. The Morgan fingerprint density at radius 3 is 2.41 bits per heavy atom. The van der Waals surface area contributed by atoms with Gasteiger partial charge in [-0.05, 0) is 37.3 Å². The summed E-state index contributed by atoms with van der Waals surface area (Å²) in [6.07, 6.45) is 0. The summed E-state index contributed by atoms with van der Waals surface area (Å²) in [4.78, 5) is 26.7. The second kappa shape index (κ2) is 5.37. The van der Waals surface area contributed by atoms with Crippen molar-refractivity contribution >= 4 is 28.4 Å². The minimum absolute atomic E-state index is 0.193. The van der Waals surface area contributed by atoms with E-state index >= 15 is 0 Å². The third-order valence-corrected chi connectivity index (χ3v) is 3.55. The molecule has 2 aromatic carbocycles. The number of aromatic amines is 1. The fourth-order valence-electron chi connectivity index (χ4n) is 2.48. The SMILES string of the molecule is Cc1[nH]c2ccccc2c1C(=O)Nc1ccc(C(N)=O)cc1.